The van der Waals surface area contributed by atoms with Crippen LogP contribution in [0, 0.1) is 5.92 Å². The molecule has 0 saturated carbocycles. The summed E-state index contributed by atoms with van der Waals surface area (Å²) in [4.78, 5) is 14.7. The summed E-state index contributed by atoms with van der Waals surface area (Å²) >= 11 is 0. The first-order valence-corrected chi connectivity index (χ1v) is 9.36. The van der Waals surface area contributed by atoms with Crippen molar-refractivity contribution >= 4 is 5.91 Å². The summed E-state index contributed by atoms with van der Waals surface area (Å²) in [5, 5.41) is 3.04. The maximum Gasteiger partial charge on any atom is 0.250 e. The van der Waals surface area contributed by atoms with Crippen molar-refractivity contribution in [1.82, 2.24) is 21.1 Å². The number of hydrogen-bond acceptors (Lipinski definition) is 5. The maximum absolute atomic E-state index is 12.4. The Balaban J connectivity index is 1.36. The van der Waals surface area contributed by atoms with Crippen molar-refractivity contribution in [2.75, 3.05) is 32.8 Å². The van der Waals surface area contributed by atoms with Crippen LogP contribution in [0.4, 0.5) is 0 Å². The summed E-state index contributed by atoms with van der Waals surface area (Å²) in [7, 11) is 0. The van der Waals surface area contributed by atoms with Crippen molar-refractivity contribution in [3.63, 3.8) is 0 Å². The molecule has 0 bridgehead atoms. The zero-order chi connectivity index (χ0) is 17.5. The Bertz CT molecular complexity index is 539. The largest absolute Gasteiger partial charge is 0.366 e. The van der Waals surface area contributed by atoms with Crippen molar-refractivity contribution in [2.24, 2.45) is 5.92 Å². The molecule has 2 aliphatic heterocycles. The third-order valence-corrected chi connectivity index (χ3v) is 5.14. The van der Waals surface area contributed by atoms with Crippen molar-refractivity contribution in [3.05, 3.63) is 35.9 Å². The highest BCUT2D eigenvalue weighted by Gasteiger charge is 2.27. The molecule has 2 fully saturated rings. The molecule has 2 saturated heterocycles. The predicted molar refractivity (Wildman–Crippen MR) is 97.8 cm³/mol. The van der Waals surface area contributed by atoms with E-state index in [9.17, 15) is 4.79 Å². The van der Waals surface area contributed by atoms with Crippen molar-refractivity contribution in [2.45, 2.75) is 38.5 Å². The molecule has 1 aromatic rings. The van der Waals surface area contributed by atoms with Crippen LogP contribution in [-0.4, -0.2) is 55.7 Å². The Kier molecular flexibility index (Phi) is 6.81. The molecule has 2 aliphatic rings. The lowest BCUT2D eigenvalue weighted by molar-refractivity contribution is -0.138. The number of carbonyl (C=O) groups is 1. The van der Waals surface area contributed by atoms with E-state index in [2.05, 4.69) is 52.3 Å². The number of hydrazine groups is 1. The number of nitrogens with zero attached hydrogens (tertiary/aromatic N) is 1. The highest BCUT2D eigenvalue weighted by molar-refractivity contribution is 5.81. The standard InChI is InChI=1S/C19H30N4O2/c1-15-17(12-21-22-15)8-5-9-20-19(24)18-14-23(10-11-25-18)13-16-6-3-2-4-7-16/h2-4,6-7,15,17-18,21-22H,5,8-14H2,1H3,(H,20,24). The molecule has 3 N–H and O–H groups in total. The number of nitrogens with one attached hydrogen (secondary N) is 3. The van der Waals surface area contributed by atoms with Crippen LogP contribution in [0.3, 0.4) is 0 Å². The van der Waals surface area contributed by atoms with Gasteiger partial charge in [0.15, 0.2) is 0 Å². The number of rotatable bonds is 7. The zero-order valence-corrected chi connectivity index (χ0v) is 15.0. The minimum absolute atomic E-state index is 0.0217. The van der Waals surface area contributed by atoms with E-state index in [1.54, 1.807) is 0 Å². The number of ether oxygens (including phenoxy) is 1. The lowest BCUT2D eigenvalue weighted by Crippen LogP contribution is -2.49. The Hall–Kier alpha value is -1.47. The van der Waals surface area contributed by atoms with E-state index >= 15 is 0 Å². The smallest absolute Gasteiger partial charge is 0.250 e. The molecule has 3 rings (SSSR count). The number of benzene rings is 1. The summed E-state index contributed by atoms with van der Waals surface area (Å²) in [5.41, 5.74) is 7.69. The van der Waals surface area contributed by atoms with E-state index < -0.39 is 0 Å². The van der Waals surface area contributed by atoms with Crippen LogP contribution in [0.2, 0.25) is 0 Å². The Morgan fingerprint density at radius 3 is 2.96 bits per heavy atom. The first kappa shape index (κ1) is 18.3. The highest BCUT2D eigenvalue weighted by Crippen LogP contribution is 2.14. The van der Waals surface area contributed by atoms with E-state index in [1.165, 1.54) is 5.56 Å². The number of morpholine rings is 1. The number of carbonyl (C=O) groups excluding carboxylic acids is 1. The van der Waals surface area contributed by atoms with Crippen LogP contribution >= 0.6 is 0 Å². The van der Waals surface area contributed by atoms with Gasteiger partial charge in [0.25, 0.3) is 0 Å². The summed E-state index contributed by atoms with van der Waals surface area (Å²) < 4.78 is 5.68. The van der Waals surface area contributed by atoms with E-state index in [1.807, 2.05) is 6.07 Å². The van der Waals surface area contributed by atoms with E-state index in [0.717, 1.165) is 39.0 Å². The van der Waals surface area contributed by atoms with Crippen LogP contribution < -0.4 is 16.2 Å². The maximum atomic E-state index is 12.4. The molecule has 0 aromatic heterocycles. The van der Waals surface area contributed by atoms with Crippen molar-refractivity contribution in [1.29, 1.82) is 0 Å². The normalized spacial score (nSPS) is 27.3. The monoisotopic (exact) mass is 346 g/mol. The first-order chi connectivity index (χ1) is 12.2. The average molecular weight is 346 g/mol. The molecule has 0 spiro atoms. The molecule has 1 aromatic carbocycles. The van der Waals surface area contributed by atoms with Crippen molar-refractivity contribution in [3.8, 4) is 0 Å². The fraction of sp³-hybridized carbons (Fsp3) is 0.632. The van der Waals surface area contributed by atoms with Gasteiger partial charge in [0.1, 0.15) is 6.10 Å². The topological polar surface area (TPSA) is 65.6 Å². The second-order valence-electron chi connectivity index (χ2n) is 7.09. The molecule has 2 heterocycles. The van der Waals surface area contributed by atoms with E-state index in [4.69, 9.17) is 4.74 Å². The predicted octanol–water partition coefficient (Wildman–Crippen LogP) is 0.896. The summed E-state index contributed by atoms with van der Waals surface area (Å²) in [6.07, 6.45) is 1.77. The van der Waals surface area contributed by atoms with Gasteiger partial charge in [-0.05, 0) is 31.2 Å². The fourth-order valence-electron chi connectivity index (χ4n) is 3.53. The molecule has 25 heavy (non-hydrogen) atoms. The summed E-state index contributed by atoms with van der Waals surface area (Å²) in [5.74, 6) is 0.665. The van der Waals surface area contributed by atoms with Crippen molar-refractivity contribution < 1.29 is 9.53 Å². The highest BCUT2D eigenvalue weighted by atomic mass is 16.5. The zero-order valence-electron chi connectivity index (χ0n) is 15.0. The van der Waals surface area contributed by atoms with Crippen LogP contribution in [0.1, 0.15) is 25.3 Å². The van der Waals surface area contributed by atoms with Gasteiger partial charge in [-0.2, -0.15) is 0 Å². The molecule has 6 nitrogen and oxygen atoms in total. The first-order valence-electron chi connectivity index (χ1n) is 9.36. The van der Waals surface area contributed by atoms with Gasteiger partial charge in [0.2, 0.25) is 5.91 Å². The van der Waals surface area contributed by atoms with Crippen LogP contribution in [0.15, 0.2) is 30.3 Å². The summed E-state index contributed by atoms with van der Waals surface area (Å²) in [6.45, 7) is 6.94. The van der Waals surface area contributed by atoms with Gasteiger partial charge in [-0.25, -0.2) is 0 Å². The van der Waals surface area contributed by atoms with Crippen LogP contribution in [0.5, 0.6) is 0 Å². The second kappa shape index (κ2) is 9.29. The van der Waals surface area contributed by atoms with Gasteiger partial charge in [0, 0.05) is 38.8 Å². The Labute approximate surface area is 150 Å². The third-order valence-electron chi connectivity index (χ3n) is 5.14. The molecule has 3 atom stereocenters. The van der Waals surface area contributed by atoms with Crippen LogP contribution in [-0.2, 0) is 16.1 Å². The van der Waals surface area contributed by atoms with Gasteiger partial charge in [-0.15, -0.1) is 0 Å². The van der Waals surface area contributed by atoms with Gasteiger partial charge in [-0.1, -0.05) is 30.3 Å². The average Bonchev–Trinajstić information content (AvgIpc) is 3.04. The second-order valence-corrected chi connectivity index (χ2v) is 7.09. The molecule has 138 valence electrons. The molecule has 0 radical (unpaired) electrons. The third kappa shape index (κ3) is 5.51. The number of hydrogen-bond donors (Lipinski definition) is 3. The van der Waals surface area contributed by atoms with Gasteiger partial charge in [0.05, 0.1) is 6.61 Å². The molecule has 6 heteroatoms. The van der Waals surface area contributed by atoms with E-state index in [0.29, 0.717) is 25.1 Å². The molecule has 3 unspecified atom stereocenters. The molecular formula is C19H30N4O2. The quantitative estimate of drug-likeness (QED) is 0.640. The molecule has 0 aliphatic carbocycles. The van der Waals surface area contributed by atoms with Gasteiger partial charge < -0.3 is 10.1 Å². The Morgan fingerprint density at radius 2 is 2.20 bits per heavy atom. The fourth-order valence-corrected chi connectivity index (χ4v) is 3.53. The minimum Gasteiger partial charge on any atom is -0.366 e. The lowest BCUT2D eigenvalue weighted by atomic mass is 9.98. The van der Waals surface area contributed by atoms with E-state index in [-0.39, 0.29) is 12.0 Å². The van der Waals surface area contributed by atoms with Crippen LogP contribution in [0.25, 0.3) is 0 Å². The molecular weight excluding hydrogens is 316 g/mol. The SMILES string of the molecule is CC1NNCC1CCCNC(=O)C1CN(Cc2ccccc2)CCO1. The lowest BCUT2D eigenvalue weighted by Gasteiger charge is -2.32. The van der Waals surface area contributed by atoms with Gasteiger partial charge >= 0.3 is 0 Å². The Morgan fingerprint density at radius 1 is 1.36 bits per heavy atom. The minimum atomic E-state index is -0.355. The number of amides is 1. The molecule has 1 amide bonds. The van der Waals surface area contributed by atoms with Gasteiger partial charge in [-0.3, -0.25) is 20.5 Å². The summed E-state index contributed by atoms with van der Waals surface area (Å²) in [6, 6.07) is 10.9.